The standard InChI is InChI=1S/C16H14BN5/c1-21-9-18-13-14(21)11-8-12(10-6-4-3-5-7-10)19-15(11)20-16(13)22(2)17/h3-9H,1-2H3,(H,19,20). The Bertz CT molecular complexity index is 968. The molecule has 6 heteroatoms. The number of aromatic nitrogens is 4. The zero-order valence-electron chi connectivity index (χ0n) is 12.4. The van der Waals surface area contributed by atoms with Gasteiger partial charge >= 0.3 is 0 Å². The molecule has 0 bridgehead atoms. The Labute approximate surface area is 129 Å². The molecular weight excluding hydrogens is 273 g/mol. The Kier molecular flexibility index (Phi) is 2.72. The molecule has 0 amide bonds. The van der Waals surface area contributed by atoms with Gasteiger partial charge in [0.2, 0.25) is 7.98 Å². The van der Waals surface area contributed by atoms with Crippen molar-refractivity contribution in [3.63, 3.8) is 0 Å². The molecule has 0 saturated heterocycles. The van der Waals surface area contributed by atoms with Crippen molar-refractivity contribution in [2.24, 2.45) is 7.05 Å². The van der Waals surface area contributed by atoms with Gasteiger partial charge in [-0.2, -0.15) is 0 Å². The van der Waals surface area contributed by atoms with Crippen molar-refractivity contribution in [3.8, 4) is 11.3 Å². The third kappa shape index (κ3) is 1.80. The molecule has 0 saturated carbocycles. The lowest BCUT2D eigenvalue weighted by Crippen LogP contribution is -2.13. The van der Waals surface area contributed by atoms with Crippen LogP contribution < -0.4 is 4.81 Å². The van der Waals surface area contributed by atoms with Crippen molar-refractivity contribution in [1.82, 2.24) is 19.5 Å². The van der Waals surface area contributed by atoms with Gasteiger partial charge in [0, 0.05) is 18.1 Å². The zero-order chi connectivity index (χ0) is 15.3. The first-order valence-electron chi connectivity index (χ1n) is 7.03. The minimum Gasteiger partial charge on any atom is -0.411 e. The van der Waals surface area contributed by atoms with Crippen LogP contribution >= 0.6 is 0 Å². The van der Waals surface area contributed by atoms with Gasteiger partial charge in [0.1, 0.15) is 17.0 Å². The number of anilines is 1. The van der Waals surface area contributed by atoms with E-state index in [1.54, 1.807) is 13.4 Å². The maximum absolute atomic E-state index is 5.91. The average molecular weight is 287 g/mol. The van der Waals surface area contributed by atoms with Gasteiger partial charge in [0.05, 0.1) is 11.8 Å². The molecular formula is C16H14BN5. The molecule has 0 aliphatic carbocycles. The lowest BCUT2D eigenvalue weighted by atomic mass is 10.1. The number of nitrogens with zero attached hydrogens (tertiary/aromatic N) is 4. The van der Waals surface area contributed by atoms with Crippen LogP contribution in [-0.4, -0.2) is 34.5 Å². The number of rotatable bonds is 2. The van der Waals surface area contributed by atoms with Crippen LogP contribution in [-0.2, 0) is 7.05 Å². The van der Waals surface area contributed by atoms with E-state index in [0.29, 0.717) is 5.82 Å². The van der Waals surface area contributed by atoms with Crippen LogP contribution in [0.1, 0.15) is 0 Å². The molecule has 0 unspecified atom stereocenters. The SMILES string of the molecule is [B]N(C)c1nc2[nH]c(-c3ccccc3)cc2c2c1ncn2C. The van der Waals surface area contributed by atoms with Gasteiger partial charge in [-0.25, -0.2) is 9.97 Å². The molecule has 5 nitrogen and oxygen atoms in total. The number of benzene rings is 1. The van der Waals surface area contributed by atoms with Crippen LogP contribution in [0.2, 0.25) is 0 Å². The number of fused-ring (bicyclic) bond motifs is 3. The predicted octanol–water partition coefficient (Wildman–Crippen LogP) is 2.64. The molecule has 0 spiro atoms. The molecule has 0 fully saturated rings. The van der Waals surface area contributed by atoms with Crippen molar-refractivity contribution < 1.29 is 0 Å². The monoisotopic (exact) mass is 287 g/mol. The van der Waals surface area contributed by atoms with Crippen molar-refractivity contribution in [3.05, 3.63) is 42.7 Å². The Morgan fingerprint density at radius 1 is 1.23 bits per heavy atom. The minimum atomic E-state index is 0.657. The van der Waals surface area contributed by atoms with Crippen molar-refractivity contribution in [1.29, 1.82) is 0 Å². The molecule has 0 atom stereocenters. The molecule has 3 heterocycles. The van der Waals surface area contributed by atoms with Crippen LogP contribution in [0.3, 0.4) is 0 Å². The molecule has 22 heavy (non-hydrogen) atoms. The third-order valence-electron chi connectivity index (χ3n) is 3.84. The summed E-state index contributed by atoms with van der Waals surface area (Å²) >= 11 is 0. The maximum atomic E-state index is 5.91. The van der Waals surface area contributed by atoms with E-state index in [1.807, 2.05) is 29.8 Å². The summed E-state index contributed by atoms with van der Waals surface area (Å²) in [6, 6.07) is 12.3. The van der Waals surface area contributed by atoms with E-state index in [9.17, 15) is 0 Å². The molecule has 4 rings (SSSR count). The van der Waals surface area contributed by atoms with Crippen LogP contribution in [0, 0.1) is 0 Å². The third-order valence-corrected chi connectivity index (χ3v) is 3.84. The maximum Gasteiger partial charge on any atom is 0.228 e. The average Bonchev–Trinajstić information content (AvgIpc) is 3.10. The second kappa shape index (κ2) is 4.63. The highest BCUT2D eigenvalue weighted by molar-refractivity contribution is 6.20. The fourth-order valence-electron chi connectivity index (χ4n) is 2.80. The Morgan fingerprint density at radius 3 is 2.73 bits per heavy atom. The van der Waals surface area contributed by atoms with Crippen molar-refractivity contribution in [2.45, 2.75) is 0 Å². The number of H-pyrrole nitrogens is 1. The van der Waals surface area contributed by atoms with Crippen molar-refractivity contribution in [2.75, 3.05) is 11.9 Å². The summed E-state index contributed by atoms with van der Waals surface area (Å²) in [5.74, 6) is 0.657. The molecule has 1 aromatic carbocycles. The fourth-order valence-corrected chi connectivity index (χ4v) is 2.80. The van der Waals surface area contributed by atoms with Gasteiger partial charge in [-0.05, 0) is 18.7 Å². The lowest BCUT2D eigenvalue weighted by Gasteiger charge is -2.12. The minimum absolute atomic E-state index is 0.657. The highest BCUT2D eigenvalue weighted by Gasteiger charge is 2.16. The first kappa shape index (κ1) is 12.9. The quantitative estimate of drug-likeness (QED) is 0.577. The lowest BCUT2D eigenvalue weighted by molar-refractivity contribution is 0.951. The first-order valence-corrected chi connectivity index (χ1v) is 7.03. The smallest absolute Gasteiger partial charge is 0.228 e. The van der Waals surface area contributed by atoms with E-state index in [4.69, 9.17) is 7.98 Å². The van der Waals surface area contributed by atoms with Crippen molar-refractivity contribution >= 4 is 35.9 Å². The molecule has 0 aliphatic rings. The molecule has 2 radical (unpaired) electrons. The summed E-state index contributed by atoms with van der Waals surface area (Å²) in [5.41, 5.74) is 4.79. The molecule has 106 valence electrons. The number of hydrogen-bond donors (Lipinski definition) is 1. The normalized spacial score (nSPS) is 11.4. The Morgan fingerprint density at radius 2 is 2.00 bits per heavy atom. The van der Waals surface area contributed by atoms with E-state index in [1.165, 1.54) is 4.81 Å². The second-order valence-corrected chi connectivity index (χ2v) is 5.41. The van der Waals surface area contributed by atoms with Gasteiger partial charge in [0.25, 0.3) is 0 Å². The molecule has 1 N–H and O–H groups in total. The van der Waals surface area contributed by atoms with E-state index in [0.717, 1.165) is 33.3 Å². The Hall–Kier alpha value is -2.76. The number of nitrogens with one attached hydrogen (secondary N) is 1. The van der Waals surface area contributed by atoms with E-state index >= 15 is 0 Å². The summed E-state index contributed by atoms with van der Waals surface area (Å²) in [5, 5.41) is 1.04. The van der Waals surface area contributed by atoms with E-state index < -0.39 is 0 Å². The number of imidazole rings is 1. The summed E-state index contributed by atoms with van der Waals surface area (Å²) in [6.07, 6.45) is 1.79. The topological polar surface area (TPSA) is 49.7 Å². The van der Waals surface area contributed by atoms with E-state index in [-0.39, 0.29) is 0 Å². The summed E-state index contributed by atoms with van der Waals surface area (Å²) in [7, 11) is 9.65. The summed E-state index contributed by atoms with van der Waals surface area (Å²) in [6.45, 7) is 0. The Balaban J connectivity index is 2.07. The largest absolute Gasteiger partial charge is 0.411 e. The zero-order valence-corrected chi connectivity index (χ0v) is 12.4. The van der Waals surface area contributed by atoms with Crippen LogP contribution in [0.15, 0.2) is 42.7 Å². The van der Waals surface area contributed by atoms with Gasteiger partial charge < -0.3 is 14.4 Å². The fraction of sp³-hybridized carbons (Fsp3) is 0.125. The molecule has 3 aromatic heterocycles. The molecule has 0 aliphatic heterocycles. The summed E-state index contributed by atoms with van der Waals surface area (Å²) in [4.78, 5) is 13.9. The molecule has 4 aromatic rings. The van der Waals surface area contributed by atoms with Crippen LogP contribution in [0.5, 0.6) is 0 Å². The number of aromatic amines is 1. The summed E-state index contributed by atoms with van der Waals surface area (Å²) < 4.78 is 2.00. The van der Waals surface area contributed by atoms with Gasteiger partial charge in [-0.3, -0.25) is 0 Å². The number of aryl methyl sites for hydroxylation is 1. The van der Waals surface area contributed by atoms with E-state index in [2.05, 4.69) is 33.2 Å². The number of pyridine rings is 1. The van der Waals surface area contributed by atoms with Gasteiger partial charge in [-0.15, -0.1) is 0 Å². The predicted molar refractivity (Wildman–Crippen MR) is 90.0 cm³/mol. The van der Waals surface area contributed by atoms with Crippen LogP contribution in [0.25, 0.3) is 33.3 Å². The highest BCUT2D eigenvalue weighted by Crippen LogP contribution is 2.32. The van der Waals surface area contributed by atoms with Gasteiger partial charge in [0.15, 0.2) is 0 Å². The van der Waals surface area contributed by atoms with Gasteiger partial charge in [-0.1, -0.05) is 30.3 Å². The van der Waals surface area contributed by atoms with Crippen LogP contribution in [0.4, 0.5) is 5.82 Å². The second-order valence-electron chi connectivity index (χ2n) is 5.41. The highest BCUT2D eigenvalue weighted by atomic mass is 15.1. The number of hydrogen-bond acceptors (Lipinski definition) is 3. The first-order chi connectivity index (χ1) is 10.6.